The molecule has 2 N–H and O–H groups in total. The van der Waals surface area contributed by atoms with E-state index in [1.54, 1.807) is 12.3 Å². The van der Waals surface area contributed by atoms with Crippen molar-refractivity contribution in [3.63, 3.8) is 0 Å². The Labute approximate surface area is 113 Å². The number of hydrogen-bond donors (Lipinski definition) is 2. The number of nitriles is 1. The summed E-state index contributed by atoms with van der Waals surface area (Å²) < 4.78 is 10.4. The van der Waals surface area contributed by atoms with Gasteiger partial charge in [-0.05, 0) is 32.4 Å². The fourth-order valence-electron chi connectivity index (χ4n) is 1.40. The number of aliphatic hydroxyl groups excluding tert-OH is 1. The van der Waals surface area contributed by atoms with Crippen molar-refractivity contribution < 1.29 is 14.6 Å². The molecule has 0 aliphatic carbocycles. The van der Waals surface area contributed by atoms with Crippen molar-refractivity contribution in [2.24, 2.45) is 0 Å². The number of pyridine rings is 1. The molecule has 0 bridgehead atoms. The van der Waals surface area contributed by atoms with E-state index in [1.165, 1.54) is 7.11 Å². The minimum atomic E-state index is -1.07. The second kappa shape index (κ2) is 6.48. The normalized spacial score (nSPS) is 12.8. The van der Waals surface area contributed by atoms with E-state index >= 15 is 0 Å². The van der Waals surface area contributed by atoms with Gasteiger partial charge in [-0.1, -0.05) is 0 Å². The van der Waals surface area contributed by atoms with Crippen LogP contribution >= 0.6 is 0 Å². The van der Waals surface area contributed by atoms with Crippen LogP contribution in [0.15, 0.2) is 12.3 Å². The fourth-order valence-corrected chi connectivity index (χ4v) is 1.40. The summed E-state index contributed by atoms with van der Waals surface area (Å²) >= 11 is 0. The lowest BCUT2D eigenvalue weighted by Crippen LogP contribution is -2.37. The van der Waals surface area contributed by atoms with Gasteiger partial charge >= 0.3 is 0 Å². The number of nitrogens with zero attached hydrogens (tertiary/aromatic N) is 2. The van der Waals surface area contributed by atoms with Gasteiger partial charge in [0.1, 0.15) is 6.07 Å². The molecule has 1 aromatic rings. The lowest BCUT2D eigenvalue weighted by atomic mass is 10.2. The van der Waals surface area contributed by atoms with Crippen LogP contribution in [0.2, 0.25) is 0 Å². The maximum atomic E-state index is 9.64. The molecule has 0 fully saturated rings. The Balaban J connectivity index is 2.61. The van der Waals surface area contributed by atoms with Crippen LogP contribution in [0.3, 0.4) is 0 Å². The van der Waals surface area contributed by atoms with Crippen molar-refractivity contribution in [3.8, 4) is 11.8 Å². The Morgan fingerprint density at radius 3 is 2.74 bits per heavy atom. The molecular formula is C13H19N3O3. The van der Waals surface area contributed by atoms with Crippen molar-refractivity contribution in [2.45, 2.75) is 39.3 Å². The highest BCUT2D eigenvalue weighted by Crippen LogP contribution is 2.16. The quantitative estimate of drug-likeness (QED) is 0.776. The highest BCUT2D eigenvalue weighted by molar-refractivity contribution is 5.39. The van der Waals surface area contributed by atoms with Gasteiger partial charge in [-0.3, -0.25) is 5.32 Å². The zero-order valence-corrected chi connectivity index (χ0v) is 11.6. The molecule has 0 spiro atoms. The summed E-state index contributed by atoms with van der Waals surface area (Å²) in [7, 11) is 1.48. The largest absolute Gasteiger partial charge is 0.494 e. The Kier molecular flexibility index (Phi) is 5.24. The monoisotopic (exact) mass is 265 g/mol. The molecule has 1 atom stereocenters. The minimum absolute atomic E-state index is 0.234. The third-order valence-electron chi connectivity index (χ3n) is 2.18. The summed E-state index contributed by atoms with van der Waals surface area (Å²) in [5, 5.41) is 21.3. The van der Waals surface area contributed by atoms with Crippen LogP contribution in [0.1, 0.15) is 32.0 Å². The zero-order chi connectivity index (χ0) is 14.5. The van der Waals surface area contributed by atoms with Crippen LogP contribution in [-0.2, 0) is 11.3 Å². The van der Waals surface area contributed by atoms with E-state index in [4.69, 9.17) is 14.7 Å². The van der Waals surface area contributed by atoms with Crippen LogP contribution in [0.5, 0.6) is 5.75 Å². The first kappa shape index (κ1) is 15.4. The smallest absolute Gasteiger partial charge is 0.214 e. The molecule has 6 heteroatoms. The van der Waals surface area contributed by atoms with Crippen molar-refractivity contribution in [1.82, 2.24) is 10.3 Å². The average molecular weight is 265 g/mol. The van der Waals surface area contributed by atoms with E-state index in [-0.39, 0.29) is 5.69 Å². The number of aromatic nitrogens is 1. The standard InChI is InChI=1S/C13H19N3O3/c1-13(2,3)19-12(17)16-8-9-5-11(18-4)10(6-14)15-7-9/h5,7,12,16-17H,8H2,1-4H3. The molecule has 1 heterocycles. The molecule has 0 amide bonds. The summed E-state index contributed by atoms with van der Waals surface area (Å²) in [6.07, 6.45) is 0.486. The van der Waals surface area contributed by atoms with E-state index in [9.17, 15) is 5.11 Å². The maximum absolute atomic E-state index is 9.64. The molecule has 104 valence electrons. The lowest BCUT2D eigenvalue weighted by Gasteiger charge is -2.24. The summed E-state index contributed by atoms with van der Waals surface area (Å²) in [5.41, 5.74) is 0.581. The molecule has 0 saturated heterocycles. The molecular weight excluding hydrogens is 246 g/mol. The second-order valence-electron chi connectivity index (χ2n) is 4.97. The van der Waals surface area contributed by atoms with Gasteiger partial charge in [0.05, 0.1) is 12.7 Å². The van der Waals surface area contributed by atoms with Gasteiger partial charge in [0.2, 0.25) is 6.41 Å². The van der Waals surface area contributed by atoms with Crippen molar-refractivity contribution in [2.75, 3.05) is 7.11 Å². The molecule has 0 radical (unpaired) electrons. The van der Waals surface area contributed by atoms with Gasteiger partial charge in [0.15, 0.2) is 11.4 Å². The SMILES string of the molecule is COc1cc(CNC(O)OC(C)(C)C)cnc1C#N. The average Bonchev–Trinajstić information content (AvgIpc) is 2.33. The van der Waals surface area contributed by atoms with Crippen molar-refractivity contribution in [3.05, 3.63) is 23.5 Å². The van der Waals surface area contributed by atoms with E-state index in [0.29, 0.717) is 12.3 Å². The minimum Gasteiger partial charge on any atom is -0.494 e. The van der Waals surface area contributed by atoms with Gasteiger partial charge in [-0.15, -0.1) is 0 Å². The van der Waals surface area contributed by atoms with Crippen LogP contribution in [0, 0.1) is 11.3 Å². The first-order chi connectivity index (χ1) is 8.85. The van der Waals surface area contributed by atoms with E-state index < -0.39 is 12.0 Å². The van der Waals surface area contributed by atoms with E-state index in [2.05, 4.69) is 10.3 Å². The van der Waals surface area contributed by atoms with Crippen LogP contribution < -0.4 is 10.1 Å². The maximum Gasteiger partial charge on any atom is 0.214 e. The topological polar surface area (TPSA) is 87.4 Å². The van der Waals surface area contributed by atoms with Gasteiger partial charge in [-0.2, -0.15) is 5.26 Å². The van der Waals surface area contributed by atoms with Crippen LogP contribution in [0.4, 0.5) is 0 Å². The Morgan fingerprint density at radius 1 is 1.53 bits per heavy atom. The first-order valence-electron chi connectivity index (χ1n) is 5.88. The molecule has 0 saturated carbocycles. The van der Waals surface area contributed by atoms with Crippen molar-refractivity contribution in [1.29, 1.82) is 5.26 Å². The molecule has 0 aliphatic rings. The van der Waals surface area contributed by atoms with Gasteiger partial charge in [-0.25, -0.2) is 4.98 Å². The molecule has 1 unspecified atom stereocenters. The van der Waals surface area contributed by atoms with Crippen molar-refractivity contribution >= 4 is 0 Å². The molecule has 6 nitrogen and oxygen atoms in total. The van der Waals surface area contributed by atoms with E-state index in [0.717, 1.165) is 5.56 Å². The summed E-state index contributed by atoms with van der Waals surface area (Å²) in [4.78, 5) is 3.97. The third-order valence-corrected chi connectivity index (χ3v) is 2.18. The highest BCUT2D eigenvalue weighted by Gasteiger charge is 2.16. The van der Waals surface area contributed by atoms with Gasteiger partial charge < -0.3 is 14.6 Å². The molecule has 19 heavy (non-hydrogen) atoms. The molecule has 0 aliphatic heterocycles. The Bertz CT molecular complexity index is 463. The summed E-state index contributed by atoms with van der Waals surface area (Å²) in [6.45, 7) is 5.91. The number of ether oxygens (including phenoxy) is 2. The molecule has 1 aromatic heterocycles. The van der Waals surface area contributed by atoms with Crippen LogP contribution in [0.25, 0.3) is 0 Å². The predicted octanol–water partition coefficient (Wildman–Crippen LogP) is 1.14. The van der Waals surface area contributed by atoms with E-state index in [1.807, 2.05) is 26.8 Å². The van der Waals surface area contributed by atoms with Gasteiger partial charge in [0, 0.05) is 12.7 Å². The predicted molar refractivity (Wildman–Crippen MR) is 69.2 cm³/mol. The lowest BCUT2D eigenvalue weighted by molar-refractivity contribution is -0.182. The van der Waals surface area contributed by atoms with Crippen LogP contribution in [-0.4, -0.2) is 29.2 Å². The molecule has 0 aromatic carbocycles. The number of methoxy groups -OCH3 is 1. The third kappa shape index (κ3) is 5.22. The second-order valence-corrected chi connectivity index (χ2v) is 4.97. The summed E-state index contributed by atoms with van der Waals surface area (Å²) in [5.74, 6) is 0.410. The Morgan fingerprint density at radius 2 is 2.21 bits per heavy atom. The zero-order valence-electron chi connectivity index (χ0n) is 11.6. The first-order valence-corrected chi connectivity index (χ1v) is 5.88. The fraction of sp³-hybridized carbons (Fsp3) is 0.538. The number of hydrogen-bond acceptors (Lipinski definition) is 6. The number of aliphatic hydroxyl groups is 1. The number of nitrogens with one attached hydrogen (secondary N) is 1. The van der Waals surface area contributed by atoms with Gasteiger partial charge in [0.25, 0.3) is 0 Å². The highest BCUT2D eigenvalue weighted by atomic mass is 16.6. The number of rotatable bonds is 5. The Hall–Kier alpha value is -1.68. The summed E-state index contributed by atoms with van der Waals surface area (Å²) in [6, 6.07) is 3.64. The molecule has 1 rings (SSSR count).